The third kappa shape index (κ3) is 3.94. The molecule has 2 atom stereocenters. The van der Waals surface area contributed by atoms with Gasteiger partial charge in [0.05, 0.1) is 0 Å². The van der Waals surface area contributed by atoms with Crippen molar-refractivity contribution in [2.75, 3.05) is 5.32 Å². The number of hydrogen-bond acceptors (Lipinski definition) is 3. The number of benzene rings is 1. The van der Waals surface area contributed by atoms with E-state index in [1.54, 1.807) is 0 Å². The van der Waals surface area contributed by atoms with Crippen LogP contribution >= 0.6 is 11.3 Å². The minimum absolute atomic E-state index is 0.0777. The number of rotatable bonds is 4. The average molecular weight is 370 g/mol. The van der Waals surface area contributed by atoms with E-state index in [4.69, 9.17) is 0 Å². The highest BCUT2D eigenvalue weighted by molar-refractivity contribution is 7.09. The number of amides is 2. The van der Waals surface area contributed by atoms with E-state index in [9.17, 15) is 4.79 Å². The second kappa shape index (κ2) is 7.41. The second-order valence-corrected chi connectivity index (χ2v) is 8.81. The monoisotopic (exact) mass is 369 g/mol. The molecule has 1 aromatic heterocycles. The summed E-state index contributed by atoms with van der Waals surface area (Å²) in [5, 5.41) is 8.37. The van der Waals surface area contributed by atoms with Crippen LogP contribution in [0.15, 0.2) is 35.7 Å². The van der Waals surface area contributed by atoms with Crippen LogP contribution in [-0.4, -0.2) is 29.1 Å². The Hall–Kier alpha value is -1.85. The third-order valence-corrected chi connectivity index (χ3v) is 6.48. The van der Waals surface area contributed by atoms with Crippen molar-refractivity contribution in [3.8, 4) is 0 Å². The summed E-state index contributed by atoms with van der Waals surface area (Å²) in [4.78, 5) is 16.5. The van der Waals surface area contributed by atoms with Crippen molar-refractivity contribution in [2.24, 2.45) is 0 Å². The normalized spacial score (nSPS) is 25.2. The fourth-order valence-electron chi connectivity index (χ4n) is 4.63. The van der Waals surface area contributed by atoms with Crippen molar-refractivity contribution in [3.63, 3.8) is 0 Å². The van der Waals surface area contributed by atoms with Gasteiger partial charge in [0.25, 0.3) is 0 Å². The summed E-state index contributed by atoms with van der Waals surface area (Å²) in [5.41, 5.74) is 3.21. The average Bonchev–Trinajstić information content (AvgIpc) is 3.14. The van der Waals surface area contributed by atoms with Gasteiger partial charge in [-0.1, -0.05) is 12.1 Å². The van der Waals surface area contributed by atoms with E-state index in [0.717, 1.165) is 25.1 Å². The zero-order valence-electron chi connectivity index (χ0n) is 15.5. The Bertz CT molecular complexity index is 739. The Morgan fingerprint density at radius 1 is 1.15 bits per heavy atom. The van der Waals surface area contributed by atoms with Crippen molar-refractivity contribution in [2.45, 2.75) is 64.2 Å². The van der Waals surface area contributed by atoms with Gasteiger partial charge >= 0.3 is 6.03 Å². The standard InChI is InChI=1S/C21H27N3OS/c1-14-8-15(2)10-16(9-14)22-21(25)23-17-11-18-5-6-19(12-17)24(18)13-20-4-3-7-26-20/h3-4,7-10,17-19H,5-6,11-13H2,1-2H3,(H2,22,23,25)/t18-,19-/m1/s1. The highest BCUT2D eigenvalue weighted by atomic mass is 32.1. The van der Waals surface area contributed by atoms with Gasteiger partial charge in [0.15, 0.2) is 0 Å². The van der Waals surface area contributed by atoms with E-state index in [2.05, 4.69) is 53.0 Å². The molecule has 4 rings (SSSR count). The molecule has 2 aromatic rings. The summed E-state index contributed by atoms with van der Waals surface area (Å²) < 4.78 is 0. The van der Waals surface area contributed by atoms with E-state index >= 15 is 0 Å². The molecular weight excluding hydrogens is 342 g/mol. The van der Waals surface area contributed by atoms with Gasteiger partial charge in [0.1, 0.15) is 0 Å². The highest BCUT2D eigenvalue weighted by Crippen LogP contribution is 2.37. The maximum atomic E-state index is 12.4. The van der Waals surface area contributed by atoms with Gasteiger partial charge in [0.2, 0.25) is 0 Å². The number of piperidine rings is 1. The molecule has 2 aliphatic heterocycles. The molecule has 5 heteroatoms. The van der Waals surface area contributed by atoms with Gasteiger partial charge in [-0.3, -0.25) is 4.90 Å². The largest absolute Gasteiger partial charge is 0.335 e. The molecule has 2 N–H and O–H groups in total. The molecule has 3 heterocycles. The Balaban J connectivity index is 1.33. The molecule has 26 heavy (non-hydrogen) atoms. The summed E-state index contributed by atoms with van der Waals surface area (Å²) >= 11 is 1.84. The number of anilines is 1. The number of urea groups is 1. The molecule has 0 saturated carbocycles. The van der Waals surface area contributed by atoms with E-state index in [0.29, 0.717) is 12.1 Å². The van der Waals surface area contributed by atoms with E-state index in [1.165, 1.54) is 28.8 Å². The van der Waals surface area contributed by atoms with Gasteiger partial charge < -0.3 is 10.6 Å². The molecule has 0 spiro atoms. The Morgan fingerprint density at radius 3 is 2.46 bits per heavy atom. The molecule has 2 saturated heterocycles. The molecule has 2 bridgehead atoms. The molecule has 2 fully saturated rings. The fourth-order valence-corrected chi connectivity index (χ4v) is 5.34. The molecule has 138 valence electrons. The van der Waals surface area contributed by atoms with Crippen molar-refractivity contribution in [1.82, 2.24) is 10.2 Å². The second-order valence-electron chi connectivity index (χ2n) is 7.78. The van der Waals surface area contributed by atoms with Crippen LogP contribution in [-0.2, 0) is 6.54 Å². The lowest BCUT2D eigenvalue weighted by molar-refractivity contribution is 0.113. The van der Waals surface area contributed by atoms with Gasteiger partial charge in [-0.05, 0) is 74.2 Å². The molecule has 0 radical (unpaired) electrons. The molecule has 1 aromatic carbocycles. The van der Waals surface area contributed by atoms with Crippen LogP contribution < -0.4 is 10.6 Å². The zero-order valence-corrected chi connectivity index (χ0v) is 16.3. The van der Waals surface area contributed by atoms with Crippen molar-refractivity contribution >= 4 is 23.1 Å². The van der Waals surface area contributed by atoms with Crippen LogP contribution in [0.5, 0.6) is 0 Å². The van der Waals surface area contributed by atoms with Crippen LogP contribution in [0.2, 0.25) is 0 Å². The number of carbonyl (C=O) groups is 1. The maximum Gasteiger partial charge on any atom is 0.319 e. The number of thiophene rings is 1. The number of carbonyl (C=O) groups excluding carboxylic acids is 1. The topological polar surface area (TPSA) is 44.4 Å². The Morgan fingerprint density at radius 2 is 1.85 bits per heavy atom. The van der Waals surface area contributed by atoms with Crippen LogP contribution in [0.3, 0.4) is 0 Å². The number of hydrogen-bond donors (Lipinski definition) is 2. The van der Waals surface area contributed by atoms with Gasteiger partial charge in [0, 0.05) is 35.2 Å². The van der Waals surface area contributed by atoms with Crippen molar-refractivity contribution < 1.29 is 4.79 Å². The van der Waals surface area contributed by atoms with Gasteiger partial charge in [-0.15, -0.1) is 11.3 Å². The van der Waals surface area contributed by atoms with Crippen molar-refractivity contribution in [1.29, 1.82) is 0 Å². The molecule has 0 unspecified atom stereocenters. The maximum absolute atomic E-state index is 12.4. The summed E-state index contributed by atoms with van der Waals surface area (Å²) in [6, 6.07) is 11.9. The lowest BCUT2D eigenvalue weighted by atomic mass is 9.97. The predicted molar refractivity (Wildman–Crippen MR) is 108 cm³/mol. The lowest BCUT2D eigenvalue weighted by Crippen LogP contribution is -2.50. The molecule has 2 aliphatic rings. The van der Waals surface area contributed by atoms with E-state index in [-0.39, 0.29) is 12.1 Å². The Labute approximate surface area is 159 Å². The third-order valence-electron chi connectivity index (χ3n) is 5.62. The first-order chi connectivity index (χ1) is 12.6. The SMILES string of the molecule is Cc1cc(C)cc(NC(=O)NC2C[C@H]3CC[C@H](C2)N3Cc2cccs2)c1. The molecule has 4 nitrogen and oxygen atoms in total. The van der Waals surface area contributed by atoms with Gasteiger partial charge in [-0.25, -0.2) is 4.79 Å². The quantitative estimate of drug-likeness (QED) is 0.822. The van der Waals surface area contributed by atoms with Gasteiger partial charge in [-0.2, -0.15) is 0 Å². The van der Waals surface area contributed by atoms with Crippen LogP contribution in [0, 0.1) is 13.8 Å². The molecule has 2 amide bonds. The summed E-state index contributed by atoms with van der Waals surface area (Å²) in [7, 11) is 0. The summed E-state index contributed by atoms with van der Waals surface area (Å²) in [6.45, 7) is 5.17. The molecule has 0 aliphatic carbocycles. The first-order valence-electron chi connectivity index (χ1n) is 9.51. The zero-order chi connectivity index (χ0) is 18.1. The number of aryl methyl sites for hydroxylation is 2. The number of nitrogens with zero attached hydrogens (tertiary/aromatic N) is 1. The smallest absolute Gasteiger partial charge is 0.319 e. The van der Waals surface area contributed by atoms with Crippen LogP contribution in [0.4, 0.5) is 10.5 Å². The van der Waals surface area contributed by atoms with Crippen LogP contribution in [0.1, 0.15) is 41.7 Å². The number of fused-ring (bicyclic) bond motifs is 2. The fraction of sp³-hybridized carbons (Fsp3) is 0.476. The Kier molecular flexibility index (Phi) is 5.00. The predicted octanol–water partition coefficient (Wildman–Crippen LogP) is 4.68. The van der Waals surface area contributed by atoms with Crippen LogP contribution in [0.25, 0.3) is 0 Å². The number of nitrogens with one attached hydrogen (secondary N) is 2. The summed E-state index contributed by atoms with van der Waals surface area (Å²) in [6.07, 6.45) is 4.63. The lowest BCUT2D eigenvalue weighted by Gasteiger charge is -2.39. The highest BCUT2D eigenvalue weighted by Gasteiger charge is 2.41. The first-order valence-corrected chi connectivity index (χ1v) is 10.4. The first kappa shape index (κ1) is 17.6. The minimum atomic E-state index is -0.0777. The summed E-state index contributed by atoms with van der Waals surface area (Å²) in [5.74, 6) is 0. The molecular formula is C21H27N3OS. The minimum Gasteiger partial charge on any atom is -0.335 e. The van der Waals surface area contributed by atoms with E-state index < -0.39 is 0 Å². The van der Waals surface area contributed by atoms with Crippen molar-refractivity contribution in [3.05, 3.63) is 51.7 Å². The van der Waals surface area contributed by atoms with E-state index in [1.807, 2.05) is 23.5 Å².